The van der Waals surface area contributed by atoms with Crippen molar-refractivity contribution in [1.29, 1.82) is 0 Å². The molecule has 7 nitrogen and oxygen atoms in total. The van der Waals surface area contributed by atoms with E-state index in [1.165, 1.54) is 39.4 Å². The molecule has 0 aliphatic carbocycles. The molecule has 0 atom stereocenters. The quantitative estimate of drug-likeness (QED) is 0.107. The molecule has 1 N–H and O–H groups in total. The van der Waals surface area contributed by atoms with Crippen LogP contribution in [0, 0.1) is 27.7 Å². The second-order valence-corrected chi connectivity index (χ2v) is 14.7. The van der Waals surface area contributed by atoms with E-state index >= 15 is 0 Å². The molecule has 0 saturated carbocycles. The predicted molar refractivity (Wildman–Crippen MR) is 186 cm³/mol. The lowest BCUT2D eigenvalue weighted by molar-refractivity contribution is 0.463. The summed E-state index contributed by atoms with van der Waals surface area (Å²) < 4.78 is 69.5. The van der Waals surface area contributed by atoms with Crippen LogP contribution in [0.4, 0.5) is 0 Å². The second kappa shape index (κ2) is 13.4. The Kier molecular flexibility index (Phi) is 9.65. The summed E-state index contributed by atoms with van der Waals surface area (Å²) in [7, 11) is -8.38. The fraction of sp³-hybridized carbons (Fsp3) is 0.184. The Morgan fingerprint density at radius 2 is 1.02 bits per heavy atom. The van der Waals surface area contributed by atoms with Crippen molar-refractivity contribution in [3.8, 4) is 11.1 Å². The molecule has 47 heavy (non-hydrogen) atoms. The van der Waals surface area contributed by atoms with E-state index in [4.69, 9.17) is 8.97 Å². The van der Waals surface area contributed by atoms with E-state index in [2.05, 4.69) is 76.2 Å². The van der Waals surface area contributed by atoms with Crippen molar-refractivity contribution < 1.29 is 30.4 Å². The molecular formula is C38H36O7S2. The van der Waals surface area contributed by atoms with Crippen LogP contribution >= 0.6 is 0 Å². The summed E-state index contributed by atoms with van der Waals surface area (Å²) in [4.78, 5) is -0.238. The molecule has 6 aromatic rings. The van der Waals surface area contributed by atoms with E-state index < -0.39 is 20.2 Å². The van der Waals surface area contributed by atoms with Gasteiger partial charge in [0.05, 0.1) is 21.9 Å². The highest BCUT2D eigenvalue weighted by Crippen LogP contribution is 2.40. The number of hydrogen-bond donors (Lipinski definition) is 1. The highest BCUT2D eigenvalue weighted by molar-refractivity contribution is 7.86. The van der Waals surface area contributed by atoms with E-state index in [0.717, 1.165) is 34.7 Å². The van der Waals surface area contributed by atoms with E-state index in [1.54, 1.807) is 18.2 Å². The molecule has 0 fully saturated rings. The zero-order chi connectivity index (χ0) is 34.1. The summed E-state index contributed by atoms with van der Waals surface area (Å²) in [6, 6.07) is 31.2. The summed E-state index contributed by atoms with van der Waals surface area (Å²) >= 11 is 0. The lowest BCUT2D eigenvalue weighted by atomic mass is 9.92. The maximum atomic E-state index is 12.4. The first-order valence-corrected chi connectivity index (χ1v) is 18.2. The van der Waals surface area contributed by atoms with Crippen molar-refractivity contribution in [1.82, 2.24) is 0 Å². The number of hydrogen-bond acceptors (Lipinski definition) is 5. The van der Waals surface area contributed by atoms with Crippen LogP contribution < -0.4 is 0 Å². The van der Waals surface area contributed by atoms with Gasteiger partial charge in [0.25, 0.3) is 10.1 Å². The van der Waals surface area contributed by atoms with Gasteiger partial charge in [-0.2, -0.15) is 8.42 Å². The smallest absolute Gasteiger partial charge is 0.361 e. The minimum atomic E-state index is -4.72. The Morgan fingerprint density at radius 1 is 0.617 bits per heavy atom. The third-order valence-electron chi connectivity index (χ3n) is 8.33. The van der Waals surface area contributed by atoms with Crippen molar-refractivity contribution >= 4 is 42.2 Å². The summed E-state index contributed by atoms with van der Waals surface area (Å²) in [5, 5.41) is 1.51. The van der Waals surface area contributed by atoms with Gasteiger partial charge in [0.2, 0.25) is 0 Å². The second-order valence-electron chi connectivity index (χ2n) is 11.9. The van der Waals surface area contributed by atoms with Gasteiger partial charge >= 0.3 is 11.2 Å². The third-order valence-corrected chi connectivity index (χ3v) is 9.22. The minimum absolute atomic E-state index is 0.238. The summed E-state index contributed by atoms with van der Waals surface area (Å²) in [5.41, 5.74) is 12.0. The topological polar surface area (TPSA) is 123 Å². The maximum Gasteiger partial charge on any atom is 0.361 e. The molecule has 242 valence electrons. The molecule has 0 saturated heterocycles. The molecule has 1 aromatic heterocycles. The van der Waals surface area contributed by atoms with Gasteiger partial charge in [-0.15, -0.1) is 0 Å². The first kappa shape index (κ1) is 33.9. The van der Waals surface area contributed by atoms with Gasteiger partial charge in [0.15, 0.2) is 0 Å². The standard InChI is InChI=1S/C37H32O4S.CH4O3S/c1-23-9-7-10-24(2)32(23)19-27-15-17-29-34(21-27)41-35-22-28(20-33-25(3)11-8-12-26(33)4)16-18-30(35)37(29)31-13-5-6-14-36(31)42(38,39)40;1-5(2,3)4/h5-18,21-22H,19-20H2,1-4H3;1H3,(H,2,3,4). The molecular weight excluding hydrogens is 633 g/mol. The van der Waals surface area contributed by atoms with Crippen LogP contribution in [-0.4, -0.2) is 32.2 Å². The molecule has 6 rings (SSSR count). The molecule has 0 unspecified atom stereocenters. The summed E-state index contributed by atoms with van der Waals surface area (Å²) in [6.07, 6.45) is 2.21. The van der Waals surface area contributed by atoms with Gasteiger partial charge in [-0.1, -0.05) is 66.7 Å². The minimum Gasteiger partial charge on any atom is -0.744 e. The van der Waals surface area contributed by atoms with E-state index in [-0.39, 0.29) is 4.90 Å². The van der Waals surface area contributed by atoms with Crippen LogP contribution in [0.2, 0.25) is 0 Å². The molecule has 0 radical (unpaired) electrons. The molecule has 1 heterocycles. The number of rotatable bonds is 6. The third kappa shape index (κ3) is 7.94. The van der Waals surface area contributed by atoms with Gasteiger partial charge in [-0.3, -0.25) is 4.55 Å². The van der Waals surface area contributed by atoms with Crippen molar-refractivity contribution in [2.75, 3.05) is 6.26 Å². The molecule has 0 spiro atoms. The van der Waals surface area contributed by atoms with Crippen LogP contribution in [0.25, 0.3) is 33.1 Å². The number of aryl methyl sites for hydroxylation is 4. The fourth-order valence-corrected chi connectivity index (χ4v) is 6.73. The van der Waals surface area contributed by atoms with Gasteiger partial charge in [0, 0.05) is 23.3 Å². The Bertz CT molecular complexity index is 2200. The molecule has 0 aliphatic rings. The zero-order valence-electron chi connectivity index (χ0n) is 26.9. The summed E-state index contributed by atoms with van der Waals surface area (Å²) in [5.74, 6) is 0. The van der Waals surface area contributed by atoms with Crippen molar-refractivity contribution in [2.24, 2.45) is 0 Å². The largest absolute Gasteiger partial charge is 0.744 e. The average Bonchev–Trinajstić information content (AvgIpc) is 2.98. The molecule has 5 aromatic carbocycles. The van der Waals surface area contributed by atoms with Crippen LogP contribution in [0.5, 0.6) is 0 Å². The predicted octanol–water partition coefficient (Wildman–Crippen LogP) is 8.36. The van der Waals surface area contributed by atoms with Crippen molar-refractivity contribution in [3.63, 3.8) is 0 Å². The Labute approximate surface area is 276 Å². The van der Waals surface area contributed by atoms with Crippen LogP contribution in [0.3, 0.4) is 0 Å². The van der Waals surface area contributed by atoms with Gasteiger partial charge in [-0.05, 0) is 103 Å². The zero-order valence-corrected chi connectivity index (χ0v) is 28.5. The highest BCUT2D eigenvalue weighted by atomic mass is 32.2. The fourth-order valence-electron chi connectivity index (χ4n) is 6.04. The Morgan fingerprint density at radius 3 is 1.43 bits per heavy atom. The lowest BCUT2D eigenvalue weighted by Gasteiger charge is -2.15. The first-order valence-electron chi connectivity index (χ1n) is 15.0. The van der Waals surface area contributed by atoms with Crippen LogP contribution in [0.15, 0.2) is 106 Å². The molecule has 0 aliphatic heterocycles. The van der Waals surface area contributed by atoms with Crippen molar-refractivity contribution in [2.45, 2.75) is 45.4 Å². The van der Waals surface area contributed by atoms with Crippen LogP contribution in [0.1, 0.15) is 44.5 Å². The van der Waals surface area contributed by atoms with E-state index in [0.29, 0.717) is 28.5 Å². The number of fused-ring (bicyclic) bond motifs is 2. The molecule has 0 amide bonds. The SMILES string of the molecule is CS(=O)(=O)O.Cc1cccc(C)c1Cc1ccc2c(-c3ccccc3S(=O)(=O)[O-])c3ccc(Cc4c(C)cccc4C)cc3[o+]c2c1. The first-order chi connectivity index (χ1) is 22.1. The van der Waals surface area contributed by atoms with Crippen molar-refractivity contribution in [3.05, 3.63) is 142 Å². The molecule has 9 heteroatoms. The lowest BCUT2D eigenvalue weighted by Crippen LogP contribution is -2.02. The summed E-state index contributed by atoms with van der Waals surface area (Å²) in [6.45, 7) is 8.49. The highest BCUT2D eigenvalue weighted by Gasteiger charge is 2.24. The Hall–Kier alpha value is -4.41. The Balaban J connectivity index is 0.000000807. The van der Waals surface area contributed by atoms with E-state index in [1.807, 2.05) is 24.3 Å². The monoisotopic (exact) mass is 668 g/mol. The van der Waals surface area contributed by atoms with E-state index in [9.17, 15) is 21.4 Å². The normalized spacial score (nSPS) is 11.8. The molecule has 0 bridgehead atoms. The van der Waals surface area contributed by atoms with Gasteiger partial charge < -0.3 is 4.55 Å². The maximum absolute atomic E-state index is 12.4. The number of benzene rings is 5. The van der Waals surface area contributed by atoms with Gasteiger partial charge in [0.1, 0.15) is 10.1 Å². The average molecular weight is 669 g/mol. The van der Waals surface area contributed by atoms with Gasteiger partial charge in [-0.25, -0.2) is 12.8 Å². The van der Waals surface area contributed by atoms with Crippen LogP contribution in [-0.2, 0) is 33.1 Å².